The minimum atomic E-state index is -0.0918. The van der Waals surface area contributed by atoms with Crippen LogP contribution in [0.1, 0.15) is 46.4 Å². The molecular formula is C26H36N2O6. The highest BCUT2D eigenvalue weighted by Crippen LogP contribution is 2.13. The minimum Gasteiger partial charge on any atom is -0.491 e. The lowest BCUT2D eigenvalue weighted by atomic mass is 10.1. The minimum absolute atomic E-state index is 0.0918. The van der Waals surface area contributed by atoms with E-state index < -0.39 is 0 Å². The van der Waals surface area contributed by atoms with Crippen LogP contribution in [0, 0.1) is 0 Å². The first-order valence-corrected chi connectivity index (χ1v) is 11.6. The van der Waals surface area contributed by atoms with E-state index >= 15 is 0 Å². The van der Waals surface area contributed by atoms with Gasteiger partial charge in [0.1, 0.15) is 24.7 Å². The highest BCUT2D eigenvalue weighted by atomic mass is 16.5. The number of hydrogen-bond donors (Lipinski definition) is 2. The summed E-state index contributed by atoms with van der Waals surface area (Å²) in [5.74, 6) is 1.24. The molecule has 186 valence electrons. The Kier molecular flexibility index (Phi) is 13.2. The molecule has 0 aliphatic rings. The van der Waals surface area contributed by atoms with Gasteiger partial charge in [-0.25, -0.2) is 0 Å². The Hall–Kier alpha value is -3.10. The topological polar surface area (TPSA) is 95.1 Å². The number of hydrogen-bond acceptors (Lipinski definition) is 6. The molecule has 2 aromatic rings. The molecular weight excluding hydrogens is 436 g/mol. The molecule has 0 saturated carbocycles. The molecule has 2 rings (SSSR count). The summed E-state index contributed by atoms with van der Waals surface area (Å²) in [5, 5.41) is 5.87. The first-order valence-electron chi connectivity index (χ1n) is 11.6. The van der Waals surface area contributed by atoms with E-state index in [2.05, 4.69) is 10.6 Å². The van der Waals surface area contributed by atoms with Crippen molar-refractivity contribution in [1.82, 2.24) is 10.6 Å². The van der Waals surface area contributed by atoms with Gasteiger partial charge < -0.3 is 29.6 Å². The van der Waals surface area contributed by atoms with E-state index in [0.717, 1.165) is 25.7 Å². The molecule has 0 fully saturated rings. The Bertz CT molecular complexity index is 768. The highest BCUT2D eigenvalue weighted by Gasteiger charge is 2.06. The maximum atomic E-state index is 12.2. The van der Waals surface area contributed by atoms with Crippen LogP contribution >= 0.6 is 0 Å². The van der Waals surface area contributed by atoms with Gasteiger partial charge in [-0.05, 0) is 61.4 Å². The van der Waals surface area contributed by atoms with Gasteiger partial charge in [0.2, 0.25) is 0 Å². The molecule has 0 unspecified atom stereocenters. The van der Waals surface area contributed by atoms with Crippen molar-refractivity contribution < 1.29 is 28.5 Å². The zero-order chi connectivity index (χ0) is 24.4. The average molecular weight is 473 g/mol. The van der Waals surface area contributed by atoms with Crippen molar-refractivity contribution in [2.45, 2.75) is 25.7 Å². The van der Waals surface area contributed by atoms with Crippen LogP contribution in [-0.4, -0.2) is 65.6 Å². The fraction of sp³-hybridized carbons (Fsp3) is 0.462. The Morgan fingerprint density at radius 2 is 0.971 bits per heavy atom. The van der Waals surface area contributed by atoms with Crippen molar-refractivity contribution in [3.05, 3.63) is 59.7 Å². The number of rotatable bonds is 17. The second-order valence-electron chi connectivity index (χ2n) is 7.66. The smallest absolute Gasteiger partial charge is 0.251 e. The van der Waals surface area contributed by atoms with Crippen molar-refractivity contribution in [1.29, 1.82) is 0 Å². The van der Waals surface area contributed by atoms with Crippen molar-refractivity contribution in [2.75, 3.05) is 53.7 Å². The number of amides is 2. The summed E-state index contributed by atoms with van der Waals surface area (Å²) in [5.41, 5.74) is 1.22. The molecule has 0 aliphatic heterocycles. The number of carbonyl (C=O) groups is 2. The summed E-state index contributed by atoms with van der Waals surface area (Å²) in [4.78, 5) is 24.4. The first kappa shape index (κ1) is 27.1. The second kappa shape index (κ2) is 16.5. The van der Waals surface area contributed by atoms with Crippen LogP contribution in [0.15, 0.2) is 48.5 Å². The van der Waals surface area contributed by atoms with Gasteiger partial charge in [0.05, 0.1) is 13.2 Å². The lowest BCUT2D eigenvalue weighted by Crippen LogP contribution is -2.25. The van der Waals surface area contributed by atoms with Crippen LogP contribution < -0.4 is 20.1 Å². The quantitative estimate of drug-likeness (QED) is 0.343. The van der Waals surface area contributed by atoms with Crippen LogP contribution in [0.5, 0.6) is 11.5 Å². The Morgan fingerprint density at radius 3 is 1.32 bits per heavy atom. The normalized spacial score (nSPS) is 10.5. The molecule has 0 heterocycles. The molecule has 8 nitrogen and oxygen atoms in total. The second-order valence-corrected chi connectivity index (χ2v) is 7.66. The van der Waals surface area contributed by atoms with Crippen molar-refractivity contribution in [2.24, 2.45) is 0 Å². The number of methoxy groups -OCH3 is 2. The van der Waals surface area contributed by atoms with Crippen LogP contribution in [0.25, 0.3) is 0 Å². The molecule has 2 amide bonds. The molecule has 0 spiro atoms. The molecule has 0 bridgehead atoms. The van der Waals surface area contributed by atoms with Crippen molar-refractivity contribution in [3.63, 3.8) is 0 Å². The van der Waals surface area contributed by atoms with E-state index in [1.807, 2.05) is 0 Å². The average Bonchev–Trinajstić information content (AvgIpc) is 2.86. The Labute approximate surface area is 201 Å². The third kappa shape index (κ3) is 10.7. The predicted molar refractivity (Wildman–Crippen MR) is 131 cm³/mol. The van der Waals surface area contributed by atoms with Gasteiger partial charge in [-0.15, -0.1) is 0 Å². The zero-order valence-corrected chi connectivity index (χ0v) is 20.1. The molecule has 0 radical (unpaired) electrons. The predicted octanol–water partition coefficient (Wildman–Crippen LogP) is 3.46. The van der Waals surface area contributed by atoms with Gasteiger partial charge in [0.15, 0.2) is 0 Å². The van der Waals surface area contributed by atoms with Crippen molar-refractivity contribution in [3.8, 4) is 11.5 Å². The summed E-state index contributed by atoms with van der Waals surface area (Å²) in [6, 6.07) is 14.1. The lowest BCUT2D eigenvalue weighted by Gasteiger charge is -2.08. The lowest BCUT2D eigenvalue weighted by molar-refractivity contribution is 0.0943. The summed E-state index contributed by atoms with van der Waals surface area (Å²) < 4.78 is 20.9. The maximum absolute atomic E-state index is 12.2. The SMILES string of the molecule is COCCOc1ccc(C(=O)NCCCCCCNC(=O)c2ccc(OCCOC)cc2)cc1. The number of carbonyl (C=O) groups excluding carboxylic acids is 2. The van der Waals surface area contributed by atoms with E-state index in [1.165, 1.54) is 0 Å². The van der Waals surface area contributed by atoms with Gasteiger partial charge in [-0.2, -0.15) is 0 Å². The summed E-state index contributed by atoms with van der Waals surface area (Å²) in [6.45, 7) is 3.24. The van der Waals surface area contributed by atoms with E-state index in [4.69, 9.17) is 18.9 Å². The third-order valence-corrected chi connectivity index (χ3v) is 5.02. The molecule has 0 atom stereocenters. The number of benzene rings is 2. The fourth-order valence-electron chi connectivity index (χ4n) is 3.10. The van der Waals surface area contributed by atoms with Crippen LogP contribution in [0.2, 0.25) is 0 Å². The zero-order valence-electron chi connectivity index (χ0n) is 20.1. The number of ether oxygens (including phenoxy) is 4. The Balaban J connectivity index is 1.52. The summed E-state index contributed by atoms with van der Waals surface area (Å²) in [6.07, 6.45) is 3.75. The number of nitrogens with one attached hydrogen (secondary N) is 2. The molecule has 0 aliphatic carbocycles. The monoisotopic (exact) mass is 472 g/mol. The number of unbranched alkanes of at least 4 members (excludes halogenated alkanes) is 3. The Morgan fingerprint density at radius 1 is 0.588 bits per heavy atom. The van der Waals surface area contributed by atoms with Crippen LogP contribution in [0.4, 0.5) is 0 Å². The maximum Gasteiger partial charge on any atom is 0.251 e. The van der Waals surface area contributed by atoms with Crippen LogP contribution in [-0.2, 0) is 9.47 Å². The standard InChI is InChI=1S/C26H36N2O6/c1-31-17-19-33-23-11-7-21(8-12-23)25(29)27-15-5-3-4-6-16-28-26(30)22-9-13-24(14-10-22)34-20-18-32-2/h7-14H,3-6,15-20H2,1-2H3,(H,27,29)(H,28,30). The van der Waals surface area contributed by atoms with Gasteiger partial charge in [-0.3, -0.25) is 9.59 Å². The van der Waals surface area contributed by atoms with E-state index in [-0.39, 0.29) is 11.8 Å². The van der Waals surface area contributed by atoms with Gasteiger partial charge in [0, 0.05) is 38.4 Å². The summed E-state index contributed by atoms with van der Waals surface area (Å²) >= 11 is 0. The molecule has 0 aromatic heterocycles. The van der Waals surface area contributed by atoms with E-state index in [1.54, 1.807) is 62.8 Å². The molecule has 0 saturated heterocycles. The van der Waals surface area contributed by atoms with Crippen molar-refractivity contribution >= 4 is 11.8 Å². The van der Waals surface area contributed by atoms with Gasteiger partial charge in [0.25, 0.3) is 11.8 Å². The molecule has 8 heteroatoms. The first-order chi connectivity index (χ1) is 16.6. The van der Waals surface area contributed by atoms with E-state index in [9.17, 15) is 9.59 Å². The molecule has 2 aromatic carbocycles. The fourth-order valence-corrected chi connectivity index (χ4v) is 3.10. The van der Waals surface area contributed by atoms with Gasteiger partial charge >= 0.3 is 0 Å². The highest BCUT2D eigenvalue weighted by molar-refractivity contribution is 5.94. The third-order valence-electron chi connectivity index (χ3n) is 5.02. The largest absolute Gasteiger partial charge is 0.491 e. The van der Waals surface area contributed by atoms with Crippen LogP contribution in [0.3, 0.4) is 0 Å². The van der Waals surface area contributed by atoms with Gasteiger partial charge in [-0.1, -0.05) is 12.8 Å². The van der Waals surface area contributed by atoms with E-state index in [0.29, 0.717) is 62.1 Å². The molecule has 2 N–H and O–H groups in total. The molecule has 34 heavy (non-hydrogen) atoms. The summed E-state index contributed by atoms with van der Waals surface area (Å²) in [7, 11) is 3.25.